The molecule has 27 heavy (non-hydrogen) atoms. The first-order valence-electron chi connectivity index (χ1n) is 9.02. The van der Waals surface area contributed by atoms with Crippen LogP contribution in [0.25, 0.3) is 0 Å². The van der Waals surface area contributed by atoms with E-state index in [1.165, 1.54) is 11.1 Å². The van der Waals surface area contributed by atoms with Crippen molar-refractivity contribution in [2.45, 2.75) is 19.5 Å². The van der Waals surface area contributed by atoms with Crippen LogP contribution in [0.5, 0.6) is 5.75 Å². The summed E-state index contributed by atoms with van der Waals surface area (Å²) in [5, 5.41) is 6.68. The summed E-state index contributed by atoms with van der Waals surface area (Å²) >= 11 is 0. The lowest BCUT2D eigenvalue weighted by atomic mass is 10.1. The minimum absolute atomic E-state index is 0. The van der Waals surface area contributed by atoms with Crippen LogP contribution < -0.4 is 15.4 Å². The molecular formula is C21H31IN4O. The summed E-state index contributed by atoms with van der Waals surface area (Å²) in [6, 6.07) is 18.5. The number of benzene rings is 2. The Hall–Kier alpha value is -1.80. The van der Waals surface area contributed by atoms with Gasteiger partial charge in [-0.2, -0.15) is 0 Å². The highest BCUT2D eigenvalue weighted by Crippen LogP contribution is 2.08. The summed E-state index contributed by atoms with van der Waals surface area (Å²) in [6.07, 6.45) is 0.911. The van der Waals surface area contributed by atoms with E-state index in [0.29, 0.717) is 6.61 Å². The zero-order valence-corrected chi connectivity index (χ0v) is 18.8. The maximum Gasteiger partial charge on any atom is 0.191 e. The average molecular weight is 482 g/mol. The quantitative estimate of drug-likeness (QED) is 0.249. The van der Waals surface area contributed by atoms with E-state index >= 15 is 0 Å². The second-order valence-corrected chi connectivity index (χ2v) is 6.43. The molecule has 0 atom stereocenters. The Bertz CT molecular complexity index is 677. The molecule has 0 fully saturated rings. The third-order valence-electron chi connectivity index (χ3n) is 3.80. The second kappa shape index (κ2) is 13.4. The van der Waals surface area contributed by atoms with Crippen LogP contribution in [-0.2, 0) is 13.1 Å². The monoisotopic (exact) mass is 482 g/mol. The van der Waals surface area contributed by atoms with E-state index < -0.39 is 0 Å². The first kappa shape index (κ1) is 23.2. The zero-order valence-electron chi connectivity index (χ0n) is 16.4. The van der Waals surface area contributed by atoms with E-state index in [4.69, 9.17) is 4.74 Å². The lowest BCUT2D eigenvalue weighted by Crippen LogP contribution is -2.37. The Labute approximate surface area is 180 Å². The molecule has 0 saturated heterocycles. The molecule has 0 heterocycles. The Kier molecular flexibility index (Phi) is 11.5. The number of ether oxygens (including phenoxy) is 1. The van der Waals surface area contributed by atoms with Crippen LogP contribution in [0.3, 0.4) is 0 Å². The van der Waals surface area contributed by atoms with Gasteiger partial charge in [-0.05, 0) is 43.8 Å². The van der Waals surface area contributed by atoms with Crippen molar-refractivity contribution in [1.29, 1.82) is 0 Å². The van der Waals surface area contributed by atoms with Gasteiger partial charge in [-0.3, -0.25) is 4.99 Å². The van der Waals surface area contributed by atoms with Crippen molar-refractivity contribution in [3.05, 3.63) is 65.7 Å². The van der Waals surface area contributed by atoms with Gasteiger partial charge in [-0.25, -0.2) is 0 Å². The van der Waals surface area contributed by atoms with Gasteiger partial charge in [-0.15, -0.1) is 24.0 Å². The average Bonchev–Trinajstić information content (AvgIpc) is 2.64. The topological polar surface area (TPSA) is 48.9 Å². The molecule has 0 bridgehead atoms. The minimum atomic E-state index is 0. The second-order valence-electron chi connectivity index (χ2n) is 6.43. The SMILES string of the molecule is CN=C(NCCCOc1ccccc1)NCc1cccc(CN(C)C)c1.I. The summed E-state index contributed by atoms with van der Waals surface area (Å²) < 4.78 is 5.69. The third-order valence-corrected chi connectivity index (χ3v) is 3.80. The lowest BCUT2D eigenvalue weighted by Gasteiger charge is -2.14. The van der Waals surface area contributed by atoms with E-state index in [9.17, 15) is 0 Å². The fourth-order valence-corrected chi connectivity index (χ4v) is 2.60. The third kappa shape index (κ3) is 9.63. The predicted molar refractivity (Wildman–Crippen MR) is 124 cm³/mol. The van der Waals surface area contributed by atoms with Crippen molar-refractivity contribution >= 4 is 29.9 Å². The highest BCUT2D eigenvalue weighted by molar-refractivity contribution is 14.0. The Balaban J connectivity index is 0.00000364. The molecule has 2 rings (SSSR count). The number of nitrogens with zero attached hydrogens (tertiary/aromatic N) is 2. The van der Waals surface area contributed by atoms with Crippen LogP contribution in [0.15, 0.2) is 59.6 Å². The Morgan fingerprint density at radius 3 is 2.44 bits per heavy atom. The van der Waals surface area contributed by atoms with Crippen LogP contribution in [0, 0.1) is 0 Å². The Morgan fingerprint density at radius 1 is 1.00 bits per heavy atom. The molecule has 2 N–H and O–H groups in total. The fraction of sp³-hybridized carbons (Fsp3) is 0.381. The number of hydrogen-bond donors (Lipinski definition) is 2. The van der Waals surface area contributed by atoms with Crippen LogP contribution in [0.2, 0.25) is 0 Å². The van der Waals surface area contributed by atoms with Gasteiger partial charge < -0.3 is 20.3 Å². The molecule has 0 radical (unpaired) electrons. The van der Waals surface area contributed by atoms with Gasteiger partial charge >= 0.3 is 0 Å². The van der Waals surface area contributed by atoms with E-state index in [1.807, 2.05) is 30.3 Å². The molecule has 5 nitrogen and oxygen atoms in total. The molecule has 0 aliphatic rings. The number of rotatable bonds is 9. The highest BCUT2D eigenvalue weighted by Gasteiger charge is 2.01. The summed E-state index contributed by atoms with van der Waals surface area (Å²) in [5.74, 6) is 1.72. The number of halogens is 1. The highest BCUT2D eigenvalue weighted by atomic mass is 127. The minimum Gasteiger partial charge on any atom is -0.494 e. The zero-order chi connectivity index (χ0) is 18.6. The number of para-hydroxylation sites is 1. The number of guanidine groups is 1. The molecule has 0 amide bonds. The van der Waals surface area contributed by atoms with Crippen molar-refractivity contribution in [2.24, 2.45) is 4.99 Å². The van der Waals surface area contributed by atoms with Crippen LogP contribution >= 0.6 is 24.0 Å². The van der Waals surface area contributed by atoms with Gasteiger partial charge in [0.2, 0.25) is 0 Å². The van der Waals surface area contributed by atoms with Crippen LogP contribution in [0.4, 0.5) is 0 Å². The van der Waals surface area contributed by atoms with Crippen molar-refractivity contribution in [1.82, 2.24) is 15.5 Å². The molecule has 0 aromatic heterocycles. The molecule has 0 saturated carbocycles. The van der Waals surface area contributed by atoms with Gasteiger partial charge in [-0.1, -0.05) is 42.5 Å². The van der Waals surface area contributed by atoms with Gasteiger partial charge in [0.25, 0.3) is 0 Å². The Morgan fingerprint density at radius 2 is 1.74 bits per heavy atom. The molecule has 2 aromatic carbocycles. The van der Waals surface area contributed by atoms with Gasteiger partial charge in [0.05, 0.1) is 6.61 Å². The summed E-state index contributed by atoms with van der Waals surface area (Å²) in [4.78, 5) is 6.45. The maximum absolute atomic E-state index is 5.69. The van der Waals surface area contributed by atoms with E-state index in [0.717, 1.165) is 37.8 Å². The standard InChI is InChI=1S/C21H30N4O.HI/c1-22-21(23-13-8-14-26-20-11-5-4-6-12-20)24-16-18-9-7-10-19(15-18)17-25(2)3;/h4-7,9-12,15H,8,13-14,16-17H2,1-3H3,(H2,22,23,24);1H. The summed E-state index contributed by atoms with van der Waals surface area (Å²) in [7, 11) is 5.95. The molecule has 6 heteroatoms. The van der Waals surface area contributed by atoms with Gasteiger partial charge in [0, 0.05) is 26.7 Å². The van der Waals surface area contributed by atoms with Gasteiger partial charge in [0.15, 0.2) is 5.96 Å². The van der Waals surface area contributed by atoms with Gasteiger partial charge in [0.1, 0.15) is 5.75 Å². The van der Waals surface area contributed by atoms with Crippen molar-refractivity contribution < 1.29 is 4.74 Å². The van der Waals surface area contributed by atoms with E-state index in [2.05, 4.69) is 58.9 Å². The van der Waals surface area contributed by atoms with E-state index in [-0.39, 0.29) is 24.0 Å². The van der Waals surface area contributed by atoms with Crippen LogP contribution in [0.1, 0.15) is 17.5 Å². The maximum atomic E-state index is 5.69. The van der Waals surface area contributed by atoms with Crippen LogP contribution in [-0.4, -0.2) is 45.2 Å². The number of aliphatic imine (C=N–C) groups is 1. The largest absolute Gasteiger partial charge is 0.494 e. The molecule has 0 spiro atoms. The molecular weight excluding hydrogens is 451 g/mol. The number of hydrogen-bond acceptors (Lipinski definition) is 3. The molecule has 2 aromatic rings. The predicted octanol–water partition coefficient (Wildman–Crippen LogP) is 3.50. The lowest BCUT2D eigenvalue weighted by molar-refractivity contribution is 0.311. The summed E-state index contributed by atoms with van der Waals surface area (Å²) in [6.45, 7) is 3.19. The normalized spacial score (nSPS) is 11.0. The smallest absolute Gasteiger partial charge is 0.191 e. The molecule has 0 aliphatic carbocycles. The number of nitrogens with one attached hydrogen (secondary N) is 2. The molecule has 0 unspecified atom stereocenters. The molecule has 0 aliphatic heterocycles. The first-order valence-corrected chi connectivity index (χ1v) is 9.02. The van der Waals surface area contributed by atoms with Crippen molar-refractivity contribution in [3.63, 3.8) is 0 Å². The summed E-state index contributed by atoms with van der Waals surface area (Å²) in [5.41, 5.74) is 2.56. The van der Waals surface area contributed by atoms with E-state index in [1.54, 1.807) is 7.05 Å². The first-order chi connectivity index (χ1) is 12.7. The molecule has 148 valence electrons. The van der Waals surface area contributed by atoms with Crippen molar-refractivity contribution in [2.75, 3.05) is 34.3 Å². The fourth-order valence-electron chi connectivity index (χ4n) is 2.60. The van der Waals surface area contributed by atoms with Crippen molar-refractivity contribution in [3.8, 4) is 5.75 Å².